The highest BCUT2D eigenvalue weighted by atomic mass is 15.3. The van der Waals surface area contributed by atoms with E-state index < -0.39 is 0 Å². The second-order valence-corrected chi connectivity index (χ2v) is 4.18. The quantitative estimate of drug-likeness (QED) is 0.776. The maximum Gasteiger partial charge on any atom is 0.0537 e. The zero-order valence-corrected chi connectivity index (χ0v) is 9.62. The molecule has 1 aromatic rings. The highest BCUT2D eigenvalue weighted by molar-refractivity contribution is 4.96. The monoisotopic (exact) mass is 195 g/mol. The van der Waals surface area contributed by atoms with Crippen molar-refractivity contribution in [1.29, 1.82) is 0 Å². The van der Waals surface area contributed by atoms with E-state index in [4.69, 9.17) is 0 Å². The number of nitrogens with zero attached hydrogens (tertiary/aromatic N) is 2. The van der Waals surface area contributed by atoms with Gasteiger partial charge in [0.2, 0.25) is 0 Å². The lowest BCUT2D eigenvalue weighted by atomic mass is 10.1. The third-order valence-corrected chi connectivity index (χ3v) is 2.72. The van der Waals surface area contributed by atoms with Crippen molar-refractivity contribution in [1.82, 2.24) is 15.1 Å². The topological polar surface area (TPSA) is 29.9 Å². The van der Waals surface area contributed by atoms with Gasteiger partial charge in [0.15, 0.2) is 0 Å². The van der Waals surface area contributed by atoms with Crippen LogP contribution in [0.2, 0.25) is 0 Å². The molecule has 0 aromatic carbocycles. The van der Waals surface area contributed by atoms with Crippen molar-refractivity contribution in [3.05, 3.63) is 18.0 Å². The molecular weight excluding hydrogens is 174 g/mol. The molecule has 1 N–H and O–H groups in total. The van der Waals surface area contributed by atoms with Crippen LogP contribution in [0.3, 0.4) is 0 Å². The van der Waals surface area contributed by atoms with Crippen LogP contribution in [-0.2, 0) is 6.54 Å². The molecule has 0 fully saturated rings. The minimum atomic E-state index is 0.575. The molecule has 1 rings (SSSR count). The lowest BCUT2D eigenvalue weighted by Gasteiger charge is -2.17. The van der Waals surface area contributed by atoms with E-state index in [1.54, 1.807) is 0 Å². The largest absolute Gasteiger partial charge is 0.312 e. The third kappa shape index (κ3) is 3.14. The summed E-state index contributed by atoms with van der Waals surface area (Å²) in [6.07, 6.45) is 1.85. The normalized spacial score (nSPS) is 13.5. The second kappa shape index (κ2) is 5.15. The molecule has 3 heteroatoms. The van der Waals surface area contributed by atoms with Gasteiger partial charge in [0.25, 0.3) is 0 Å². The van der Waals surface area contributed by atoms with E-state index in [1.165, 1.54) is 5.69 Å². The first-order valence-electron chi connectivity index (χ1n) is 5.33. The zero-order chi connectivity index (χ0) is 10.6. The van der Waals surface area contributed by atoms with Crippen molar-refractivity contribution in [2.75, 3.05) is 6.54 Å². The maximum atomic E-state index is 4.23. The van der Waals surface area contributed by atoms with E-state index in [9.17, 15) is 0 Å². The minimum Gasteiger partial charge on any atom is -0.312 e. The van der Waals surface area contributed by atoms with E-state index in [2.05, 4.69) is 38.1 Å². The highest BCUT2D eigenvalue weighted by Gasteiger charge is 2.05. The Labute approximate surface area is 86.5 Å². The van der Waals surface area contributed by atoms with Crippen molar-refractivity contribution in [3.8, 4) is 0 Å². The molecule has 1 aromatic heterocycles. The van der Waals surface area contributed by atoms with Crippen LogP contribution in [0, 0.1) is 12.8 Å². The molecule has 14 heavy (non-hydrogen) atoms. The Morgan fingerprint density at radius 1 is 1.43 bits per heavy atom. The highest BCUT2D eigenvalue weighted by Crippen LogP contribution is 1.99. The Morgan fingerprint density at radius 2 is 2.14 bits per heavy atom. The van der Waals surface area contributed by atoms with Gasteiger partial charge in [-0.25, -0.2) is 0 Å². The fraction of sp³-hybridized carbons (Fsp3) is 0.727. The summed E-state index contributed by atoms with van der Waals surface area (Å²) in [5, 5.41) is 7.72. The summed E-state index contributed by atoms with van der Waals surface area (Å²) >= 11 is 0. The molecule has 0 amide bonds. The van der Waals surface area contributed by atoms with Gasteiger partial charge < -0.3 is 5.32 Å². The Balaban J connectivity index is 2.25. The van der Waals surface area contributed by atoms with Crippen molar-refractivity contribution in [2.45, 2.75) is 40.3 Å². The van der Waals surface area contributed by atoms with Crippen molar-refractivity contribution >= 4 is 0 Å². The van der Waals surface area contributed by atoms with Crippen LogP contribution in [0.4, 0.5) is 0 Å². The Hall–Kier alpha value is -0.830. The van der Waals surface area contributed by atoms with Crippen LogP contribution in [0.25, 0.3) is 0 Å². The van der Waals surface area contributed by atoms with Crippen LogP contribution >= 0.6 is 0 Å². The Morgan fingerprint density at radius 3 is 2.64 bits per heavy atom. The van der Waals surface area contributed by atoms with Gasteiger partial charge >= 0.3 is 0 Å². The van der Waals surface area contributed by atoms with E-state index >= 15 is 0 Å². The molecule has 1 atom stereocenters. The molecule has 0 bridgehead atoms. The van der Waals surface area contributed by atoms with Crippen molar-refractivity contribution < 1.29 is 0 Å². The predicted octanol–water partition coefficient (Wildman–Crippen LogP) is 1.83. The minimum absolute atomic E-state index is 0.575. The van der Waals surface area contributed by atoms with Crippen molar-refractivity contribution in [3.63, 3.8) is 0 Å². The lowest BCUT2D eigenvalue weighted by Crippen LogP contribution is -2.33. The van der Waals surface area contributed by atoms with Crippen LogP contribution in [-0.4, -0.2) is 22.4 Å². The molecule has 3 nitrogen and oxygen atoms in total. The number of rotatable bonds is 5. The van der Waals surface area contributed by atoms with Crippen LogP contribution < -0.4 is 5.32 Å². The van der Waals surface area contributed by atoms with E-state index in [0.29, 0.717) is 12.0 Å². The van der Waals surface area contributed by atoms with Crippen LogP contribution in [0.15, 0.2) is 12.3 Å². The molecule has 0 spiro atoms. The fourth-order valence-corrected chi connectivity index (χ4v) is 1.27. The van der Waals surface area contributed by atoms with Gasteiger partial charge in [-0.2, -0.15) is 5.10 Å². The SMILES string of the molecule is Cc1ccnn1CCNC(C)C(C)C. The number of hydrogen-bond acceptors (Lipinski definition) is 2. The smallest absolute Gasteiger partial charge is 0.0537 e. The van der Waals surface area contributed by atoms with Gasteiger partial charge in [-0.3, -0.25) is 4.68 Å². The average Bonchev–Trinajstić information content (AvgIpc) is 2.51. The van der Waals surface area contributed by atoms with Gasteiger partial charge in [-0.05, 0) is 25.8 Å². The van der Waals surface area contributed by atoms with Crippen LogP contribution in [0.1, 0.15) is 26.5 Å². The summed E-state index contributed by atoms with van der Waals surface area (Å²) in [5.74, 6) is 0.689. The average molecular weight is 195 g/mol. The number of hydrogen-bond donors (Lipinski definition) is 1. The summed E-state index contributed by atoms with van der Waals surface area (Å²) in [6, 6.07) is 2.61. The van der Waals surface area contributed by atoms with Crippen molar-refractivity contribution in [2.24, 2.45) is 5.92 Å². The first kappa shape index (κ1) is 11.2. The molecule has 0 saturated carbocycles. The zero-order valence-electron chi connectivity index (χ0n) is 9.62. The van der Waals surface area contributed by atoms with Gasteiger partial charge in [0, 0.05) is 24.5 Å². The van der Waals surface area contributed by atoms with E-state index in [1.807, 2.05) is 16.9 Å². The first-order valence-corrected chi connectivity index (χ1v) is 5.33. The standard InChI is InChI=1S/C11H21N3/c1-9(2)11(4)12-7-8-14-10(3)5-6-13-14/h5-6,9,11-12H,7-8H2,1-4H3. The summed E-state index contributed by atoms with van der Waals surface area (Å²) in [4.78, 5) is 0. The summed E-state index contributed by atoms with van der Waals surface area (Å²) in [7, 11) is 0. The summed E-state index contributed by atoms with van der Waals surface area (Å²) in [5.41, 5.74) is 1.23. The third-order valence-electron chi connectivity index (χ3n) is 2.72. The second-order valence-electron chi connectivity index (χ2n) is 4.18. The maximum absolute atomic E-state index is 4.23. The Bertz CT molecular complexity index is 265. The molecule has 0 saturated heterocycles. The van der Waals surface area contributed by atoms with Gasteiger partial charge in [-0.15, -0.1) is 0 Å². The van der Waals surface area contributed by atoms with Gasteiger partial charge in [0.1, 0.15) is 0 Å². The first-order chi connectivity index (χ1) is 6.61. The molecule has 0 radical (unpaired) electrons. The fourth-order valence-electron chi connectivity index (χ4n) is 1.27. The molecule has 0 aliphatic rings. The number of aromatic nitrogens is 2. The predicted molar refractivity (Wildman–Crippen MR) is 59.3 cm³/mol. The van der Waals surface area contributed by atoms with Gasteiger partial charge in [-0.1, -0.05) is 13.8 Å². The summed E-state index contributed by atoms with van der Waals surface area (Å²) in [6.45, 7) is 10.7. The summed E-state index contributed by atoms with van der Waals surface area (Å²) < 4.78 is 2.03. The van der Waals surface area contributed by atoms with E-state index in [0.717, 1.165) is 13.1 Å². The Kier molecular flexibility index (Phi) is 4.14. The molecular formula is C11H21N3. The lowest BCUT2D eigenvalue weighted by molar-refractivity contribution is 0.409. The molecule has 1 heterocycles. The van der Waals surface area contributed by atoms with Gasteiger partial charge in [0.05, 0.1) is 6.54 Å². The molecule has 0 aliphatic heterocycles. The molecule has 80 valence electrons. The van der Waals surface area contributed by atoms with Crippen LogP contribution in [0.5, 0.6) is 0 Å². The van der Waals surface area contributed by atoms with E-state index in [-0.39, 0.29) is 0 Å². The number of aryl methyl sites for hydroxylation is 1. The molecule has 1 unspecified atom stereocenters. The number of nitrogens with one attached hydrogen (secondary N) is 1. The molecule has 0 aliphatic carbocycles.